The highest BCUT2D eigenvalue weighted by atomic mass is 32.3. The first-order valence-corrected chi connectivity index (χ1v) is 6.19. The average molecular weight is 230 g/mol. The van der Waals surface area contributed by atoms with E-state index in [1.165, 1.54) is 6.92 Å². The van der Waals surface area contributed by atoms with Crippen LogP contribution in [0.1, 0.15) is 34.4 Å². The molecule has 0 radical (unpaired) electrons. The molecule has 1 rings (SSSR count). The van der Waals surface area contributed by atoms with Gasteiger partial charge in [0.05, 0.1) is 0 Å². The Morgan fingerprint density at radius 3 is 1.87 bits per heavy atom. The lowest BCUT2D eigenvalue weighted by molar-refractivity contribution is 0.540. The van der Waals surface area contributed by atoms with E-state index in [9.17, 15) is 12.3 Å². The zero-order valence-electron chi connectivity index (χ0n) is 9.33. The van der Waals surface area contributed by atoms with E-state index in [2.05, 4.69) is 0 Å². The number of aryl methyl sites for hydroxylation is 3. The van der Waals surface area contributed by atoms with Crippen LogP contribution < -0.4 is 0 Å². The molecule has 0 fully saturated rings. The SMILES string of the molecule is Cc1cc(C)c(C(C)S(=O)(=O)F)c(C)c1. The lowest BCUT2D eigenvalue weighted by atomic mass is 9.98. The summed E-state index contributed by atoms with van der Waals surface area (Å²) in [4.78, 5) is 0. The second-order valence-corrected chi connectivity index (χ2v) is 5.59. The third-order valence-electron chi connectivity index (χ3n) is 2.57. The van der Waals surface area contributed by atoms with Crippen LogP contribution in [0.2, 0.25) is 0 Å². The van der Waals surface area contributed by atoms with Gasteiger partial charge in [-0.25, -0.2) is 0 Å². The summed E-state index contributed by atoms with van der Waals surface area (Å²) >= 11 is 0. The molecule has 1 atom stereocenters. The summed E-state index contributed by atoms with van der Waals surface area (Å²) in [7, 11) is -4.51. The van der Waals surface area contributed by atoms with E-state index in [1.807, 2.05) is 19.1 Å². The molecule has 0 aliphatic carbocycles. The lowest BCUT2D eigenvalue weighted by Gasteiger charge is -2.14. The van der Waals surface area contributed by atoms with Crippen molar-refractivity contribution in [3.8, 4) is 0 Å². The lowest BCUT2D eigenvalue weighted by Crippen LogP contribution is -2.08. The van der Waals surface area contributed by atoms with Crippen LogP contribution in [0.15, 0.2) is 12.1 Å². The summed E-state index contributed by atoms with van der Waals surface area (Å²) in [5.41, 5.74) is 3.27. The van der Waals surface area contributed by atoms with Crippen LogP contribution in [0.3, 0.4) is 0 Å². The molecule has 0 heterocycles. The van der Waals surface area contributed by atoms with E-state index < -0.39 is 15.5 Å². The third kappa shape index (κ3) is 2.56. The zero-order chi connectivity index (χ0) is 11.8. The van der Waals surface area contributed by atoms with Crippen LogP contribution in [0.25, 0.3) is 0 Å². The molecule has 0 N–H and O–H groups in total. The molecule has 0 spiro atoms. The molecule has 0 aromatic heterocycles. The first kappa shape index (κ1) is 12.2. The molecule has 0 saturated carbocycles. The quantitative estimate of drug-likeness (QED) is 0.732. The molecular weight excluding hydrogens is 215 g/mol. The maximum Gasteiger partial charge on any atom is 0.309 e. The Morgan fingerprint density at radius 1 is 1.13 bits per heavy atom. The molecule has 0 amide bonds. The van der Waals surface area contributed by atoms with Crippen molar-refractivity contribution in [2.45, 2.75) is 32.9 Å². The average Bonchev–Trinajstić information content (AvgIpc) is 1.99. The summed E-state index contributed by atoms with van der Waals surface area (Å²) < 4.78 is 34.6. The van der Waals surface area contributed by atoms with Gasteiger partial charge in [-0.2, -0.15) is 8.42 Å². The van der Waals surface area contributed by atoms with Crippen LogP contribution >= 0.6 is 0 Å². The molecule has 4 heteroatoms. The van der Waals surface area contributed by atoms with Crippen LogP contribution in [-0.2, 0) is 10.2 Å². The van der Waals surface area contributed by atoms with Gasteiger partial charge in [0, 0.05) is 0 Å². The van der Waals surface area contributed by atoms with Crippen molar-refractivity contribution in [1.82, 2.24) is 0 Å². The summed E-state index contributed by atoms with van der Waals surface area (Å²) in [6.45, 7) is 6.91. The predicted octanol–water partition coefficient (Wildman–Crippen LogP) is 2.97. The van der Waals surface area contributed by atoms with Gasteiger partial charge in [-0.1, -0.05) is 17.7 Å². The maximum atomic E-state index is 12.9. The Balaban J connectivity index is 3.39. The fraction of sp³-hybridized carbons (Fsp3) is 0.455. The largest absolute Gasteiger partial charge is 0.309 e. The van der Waals surface area contributed by atoms with Gasteiger partial charge >= 0.3 is 10.2 Å². The minimum Gasteiger partial charge on any atom is -0.194 e. The second kappa shape index (κ2) is 3.93. The topological polar surface area (TPSA) is 34.1 Å². The first-order valence-electron chi connectivity index (χ1n) is 4.74. The van der Waals surface area contributed by atoms with Gasteiger partial charge in [-0.05, 0) is 44.4 Å². The van der Waals surface area contributed by atoms with Crippen molar-refractivity contribution in [2.75, 3.05) is 0 Å². The molecule has 1 aromatic rings. The minimum absolute atomic E-state index is 0.572. The van der Waals surface area contributed by atoms with Crippen LogP contribution in [0.4, 0.5) is 3.89 Å². The Kier molecular flexibility index (Phi) is 3.19. The van der Waals surface area contributed by atoms with E-state index in [1.54, 1.807) is 13.8 Å². The van der Waals surface area contributed by atoms with Crippen molar-refractivity contribution in [2.24, 2.45) is 0 Å². The van der Waals surface area contributed by atoms with Gasteiger partial charge in [-0.3, -0.25) is 0 Å². The molecule has 84 valence electrons. The van der Waals surface area contributed by atoms with Crippen molar-refractivity contribution in [1.29, 1.82) is 0 Å². The summed E-state index contributed by atoms with van der Waals surface area (Å²) in [5.74, 6) is 0. The van der Waals surface area contributed by atoms with Crippen LogP contribution in [-0.4, -0.2) is 8.42 Å². The van der Waals surface area contributed by atoms with Crippen molar-refractivity contribution in [3.63, 3.8) is 0 Å². The monoisotopic (exact) mass is 230 g/mol. The summed E-state index contributed by atoms with van der Waals surface area (Å²) in [6, 6.07) is 3.73. The van der Waals surface area contributed by atoms with Gasteiger partial charge in [0.2, 0.25) is 0 Å². The molecule has 2 nitrogen and oxygen atoms in total. The maximum absolute atomic E-state index is 12.9. The highest BCUT2D eigenvalue weighted by Crippen LogP contribution is 2.29. The molecule has 0 saturated heterocycles. The summed E-state index contributed by atoms with van der Waals surface area (Å²) in [6.07, 6.45) is 0. The number of hydrogen-bond donors (Lipinski definition) is 0. The molecule has 0 aliphatic rings. The van der Waals surface area contributed by atoms with E-state index >= 15 is 0 Å². The molecular formula is C11H15FO2S. The molecule has 1 unspecified atom stereocenters. The van der Waals surface area contributed by atoms with Crippen LogP contribution in [0.5, 0.6) is 0 Å². The molecule has 0 bridgehead atoms. The van der Waals surface area contributed by atoms with Gasteiger partial charge in [0.15, 0.2) is 0 Å². The highest BCUT2D eigenvalue weighted by molar-refractivity contribution is 7.86. The summed E-state index contributed by atoms with van der Waals surface area (Å²) in [5, 5.41) is -1.09. The Bertz CT molecular complexity index is 454. The Labute approximate surface area is 90.3 Å². The zero-order valence-corrected chi connectivity index (χ0v) is 10.2. The standard InChI is InChI=1S/C11H15FO2S/c1-7-5-8(2)11(9(3)6-7)10(4)15(12,13)14/h5-6,10H,1-4H3. The van der Waals surface area contributed by atoms with E-state index in [0.29, 0.717) is 5.56 Å². The van der Waals surface area contributed by atoms with E-state index in [4.69, 9.17) is 0 Å². The minimum atomic E-state index is -4.51. The van der Waals surface area contributed by atoms with Crippen LogP contribution in [0, 0.1) is 20.8 Å². The van der Waals surface area contributed by atoms with Gasteiger partial charge in [0.25, 0.3) is 0 Å². The van der Waals surface area contributed by atoms with Crippen molar-refractivity contribution in [3.05, 3.63) is 34.4 Å². The van der Waals surface area contributed by atoms with Gasteiger partial charge in [0.1, 0.15) is 5.25 Å². The number of benzene rings is 1. The van der Waals surface area contributed by atoms with E-state index in [0.717, 1.165) is 16.7 Å². The molecule has 0 aliphatic heterocycles. The Hall–Kier alpha value is -0.900. The smallest absolute Gasteiger partial charge is 0.194 e. The fourth-order valence-electron chi connectivity index (χ4n) is 1.97. The first-order chi connectivity index (χ1) is 6.73. The third-order valence-corrected chi connectivity index (χ3v) is 3.65. The van der Waals surface area contributed by atoms with Gasteiger partial charge in [-0.15, -0.1) is 3.89 Å². The van der Waals surface area contributed by atoms with Gasteiger partial charge < -0.3 is 0 Å². The van der Waals surface area contributed by atoms with Crippen molar-refractivity contribution >= 4 is 10.2 Å². The van der Waals surface area contributed by atoms with E-state index in [-0.39, 0.29) is 0 Å². The normalized spacial score (nSPS) is 13.9. The fourth-order valence-corrected chi connectivity index (χ4v) is 2.63. The predicted molar refractivity (Wildman–Crippen MR) is 59.1 cm³/mol. The second-order valence-electron chi connectivity index (χ2n) is 3.93. The number of rotatable bonds is 2. The number of hydrogen-bond acceptors (Lipinski definition) is 2. The molecule has 15 heavy (non-hydrogen) atoms. The van der Waals surface area contributed by atoms with Crippen molar-refractivity contribution < 1.29 is 12.3 Å². The molecule has 1 aromatic carbocycles. The highest BCUT2D eigenvalue weighted by Gasteiger charge is 2.24. The number of halogens is 1. The Morgan fingerprint density at radius 2 is 1.53 bits per heavy atom.